The summed E-state index contributed by atoms with van der Waals surface area (Å²) >= 11 is 5.89. The molecule has 2 aromatic rings. The van der Waals surface area contributed by atoms with Gasteiger partial charge in [-0.2, -0.15) is 0 Å². The van der Waals surface area contributed by atoms with E-state index >= 15 is 0 Å². The van der Waals surface area contributed by atoms with Crippen molar-refractivity contribution in [2.75, 3.05) is 0 Å². The van der Waals surface area contributed by atoms with Crippen molar-refractivity contribution in [3.63, 3.8) is 0 Å². The Morgan fingerprint density at radius 3 is 3.07 bits per heavy atom. The van der Waals surface area contributed by atoms with Crippen LogP contribution in [0.2, 0.25) is 5.02 Å². The first kappa shape index (κ1) is 10.2. The maximum Gasteiger partial charge on any atom is 0.120 e. The van der Waals surface area contributed by atoms with E-state index in [2.05, 4.69) is 4.98 Å². The number of hydrogen-bond donors (Lipinski definition) is 1. The molecular weight excluding hydrogens is 210 g/mol. The smallest absolute Gasteiger partial charge is 0.120 e. The van der Waals surface area contributed by atoms with Gasteiger partial charge in [-0.25, -0.2) is 0 Å². The molecule has 0 saturated carbocycles. The van der Waals surface area contributed by atoms with Gasteiger partial charge in [-0.05, 0) is 23.6 Å². The maximum atomic E-state index is 10.5. The van der Waals surface area contributed by atoms with Gasteiger partial charge in [0.05, 0.1) is 0 Å². The number of benzene rings is 1. The third-order valence-corrected chi connectivity index (χ3v) is 2.89. The molecule has 0 aliphatic heterocycles. The second-order valence-electron chi connectivity index (χ2n) is 3.74. The molecule has 1 atom stereocenters. The highest BCUT2D eigenvalue weighted by molar-refractivity contribution is 6.31. The minimum atomic E-state index is 0.248. The minimum Gasteiger partial charge on any atom is -0.361 e. The Bertz CT molecular complexity index is 489. The molecule has 0 amide bonds. The van der Waals surface area contributed by atoms with Crippen LogP contribution < -0.4 is 0 Å². The lowest BCUT2D eigenvalue weighted by molar-refractivity contribution is -0.108. The third-order valence-electron chi connectivity index (χ3n) is 2.66. The quantitative estimate of drug-likeness (QED) is 0.791. The first-order chi connectivity index (χ1) is 7.22. The first-order valence-electron chi connectivity index (χ1n) is 4.92. The van der Waals surface area contributed by atoms with E-state index in [0.29, 0.717) is 6.42 Å². The number of H-pyrrole nitrogens is 1. The molecule has 3 heteroatoms. The highest BCUT2D eigenvalue weighted by Crippen LogP contribution is 2.28. The fourth-order valence-corrected chi connectivity index (χ4v) is 1.97. The van der Waals surface area contributed by atoms with Crippen LogP contribution >= 0.6 is 11.6 Å². The molecule has 2 nitrogen and oxygen atoms in total. The Balaban J connectivity index is 2.49. The Morgan fingerprint density at radius 1 is 1.53 bits per heavy atom. The van der Waals surface area contributed by atoms with Gasteiger partial charge in [0.25, 0.3) is 0 Å². The van der Waals surface area contributed by atoms with E-state index in [1.165, 1.54) is 5.56 Å². The van der Waals surface area contributed by atoms with Crippen molar-refractivity contribution in [3.05, 3.63) is 35.0 Å². The molecule has 0 aliphatic carbocycles. The van der Waals surface area contributed by atoms with Crippen LogP contribution in [0.15, 0.2) is 24.4 Å². The molecule has 15 heavy (non-hydrogen) atoms. The lowest BCUT2D eigenvalue weighted by Crippen LogP contribution is -1.92. The van der Waals surface area contributed by atoms with Gasteiger partial charge < -0.3 is 9.78 Å². The number of carbonyl (C=O) groups excluding carboxylic acids is 1. The summed E-state index contributed by atoms with van der Waals surface area (Å²) in [5.41, 5.74) is 2.20. The predicted molar refractivity (Wildman–Crippen MR) is 62.4 cm³/mol. The minimum absolute atomic E-state index is 0.248. The molecule has 0 aliphatic rings. The average Bonchev–Trinajstić information content (AvgIpc) is 2.60. The van der Waals surface area contributed by atoms with Gasteiger partial charge in [0.2, 0.25) is 0 Å². The molecule has 0 unspecified atom stereocenters. The van der Waals surface area contributed by atoms with E-state index < -0.39 is 0 Å². The summed E-state index contributed by atoms with van der Waals surface area (Å²) in [4.78, 5) is 13.6. The SMILES string of the molecule is C[C@H](CC=O)c1c[nH]c2cc(Cl)ccc12. The van der Waals surface area contributed by atoms with E-state index in [4.69, 9.17) is 11.6 Å². The molecule has 0 bridgehead atoms. The molecule has 0 fully saturated rings. The number of aromatic nitrogens is 1. The van der Waals surface area contributed by atoms with Crippen LogP contribution in [0.3, 0.4) is 0 Å². The van der Waals surface area contributed by atoms with E-state index in [1.807, 2.05) is 31.3 Å². The van der Waals surface area contributed by atoms with Crippen LogP contribution in [0.1, 0.15) is 24.8 Å². The summed E-state index contributed by atoms with van der Waals surface area (Å²) in [7, 11) is 0. The third kappa shape index (κ3) is 1.90. The summed E-state index contributed by atoms with van der Waals surface area (Å²) in [5, 5.41) is 1.87. The summed E-state index contributed by atoms with van der Waals surface area (Å²) < 4.78 is 0. The number of hydrogen-bond acceptors (Lipinski definition) is 1. The fraction of sp³-hybridized carbons (Fsp3) is 0.250. The summed E-state index contributed by atoms with van der Waals surface area (Å²) in [6.07, 6.45) is 3.46. The molecule has 1 heterocycles. The van der Waals surface area contributed by atoms with Gasteiger partial charge in [-0.15, -0.1) is 0 Å². The Kier molecular flexibility index (Phi) is 2.78. The van der Waals surface area contributed by atoms with Crippen molar-refractivity contribution in [1.82, 2.24) is 4.98 Å². The number of carbonyl (C=O) groups is 1. The van der Waals surface area contributed by atoms with Crippen molar-refractivity contribution in [2.24, 2.45) is 0 Å². The topological polar surface area (TPSA) is 32.9 Å². The van der Waals surface area contributed by atoms with Crippen LogP contribution in [0.25, 0.3) is 10.9 Å². The first-order valence-corrected chi connectivity index (χ1v) is 5.30. The summed E-state index contributed by atoms with van der Waals surface area (Å²) in [5.74, 6) is 0.248. The monoisotopic (exact) mass is 221 g/mol. The lowest BCUT2D eigenvalue weighted by atomic mass is 9.98. The maximum absolute atomic E-state index is 10.5. The summed E-state index contributed by atoms with van der Waals surface area (Å²) in [6, 6.07) is 5.76. The molecule has 1 aromatic carbocycles. The normalized spacial score (nSPS) is 12.9. The van der Waals surface area contributed by atoms with Gasteiger partial charge in [-0.3, -0.25) is 0 Å². The zero-order chi connectivity index (χ0) is 10.8. The van der Waals surface area contributed by atoms with Crippen molar-refractivity contribution in [3.8, 4) is 0 Å². The molecule has 0 saturated heterocycles. The molecule has 0 radical (unpaired) electrons. The Morgan fingerprint density at radius 2 is 2.33 bits per heavy atom. The molecule has 2 rings (SSSR count). The van der Waals surface area contributed by atoms with Crippen molar-refractivity contribution in [2.45, 2.75) is 19.3 Å². The van der Waals surface area contributed by atoms with Gasteiger partial charge in [0.15, 0.2) is 0 Å². The Hall–Kier alpha value is -1.28. The molecule has 0 spiro atoms. The molecule has 1 N–H and O–H groups in total. The fourth-order valence-electron chi connectivity index (χ4n) is 1.80. The van der Waals surface area contributed by atoms with Crippen LogP contribution in [-0.4, -0.2) is 11.3 Å². The lowest BCUT2D eigenvalue weighted by Gasteiger charge is -2.05. The van der Waals surface area contributed by atoms with E-state index in [0.717, 1.165) is 22.2 Å². The van der Waals surface area contributed by atoms with Gasteiger partial charge >= 0.3 is 0 Å². The van der Waals surface area contributed by atoms with E-state index in [1.54, 1.807) is 0 Å². The van der Waals surface area contributed by atoms with Crippen LogP contribution in [0.5, 0.6) is 0 Å². The second kappa shape index (κ2) is 4.07. The predicted octanol–water partition coefficient (Wildman–Crippen LogP) is 3.51. The number of rotatable bonds is 3. The van der Waals surface area contributed by atoms with Crippen molar-refractivity contribution in [1.29, 1.82) is 0 Å². The molecule has 1 aromatic heterocycles. The van der Waals surface area contributed by atoms with Crippen LogP contribution in [-0.2, 0) is 4.79 Å². The zero-order valence-corrected chi connectivity index (χ0v) is 9.21. The number of nitrogens with one attached hydrogen (secondary N) is 1. The number of halogens is 1. The largest absolute Gasteiger partial charge is 0.361 e. The Labute approximate surface area is 93.2 Å². The van der Waals surface area contributed by atoms with Gasteiger partial charge in [-0.1, -0.05) is 24.6 Å². The average molecular weight is 222 g/mol. The van der Waals surface area contributed by atoms with E-state index in [-0.39, 0.29) is 5.92 Å². The standard InChI is InChI=1S/C12H12ClNO/c1-8(4-5-15)11-7-14-12-6-9(13)2-3-10(11)12/h2-3,5-8,14H,4H2,1H3/t8-/m1/s1. The highest BCUT2D eigenvalue weighted by Gasteiger charge is 2.10. The molecule has 78 valence electrons. The highest BCUT2D eigenvalue weighted by atomic mass is 35.5. The number of aromatic amines is 1. The van der Waals surface area contributed by atoms with Crippen molar-refractivity contribution >= 4 is 28.8 Å². The van der Waals surface area contributed by atoms with Crippen LogP contribution in [0, 0.1) is 0 Å². The number of aldehydes is 1. The van der Waals surface area contributed by atoms with E-state index in [9.17, 15) is 4.79 Å². The van der Waals surface area contributed by atoms with Crippen molar-refractivity contribution < 1.29 is 4.79 Å². The van der Waals surface area contributed by atoms with Gasteiger partial charge in [0.1, 0.15) is 6.29 Å². The van der Waals surface area contributed by atoms with Crippen LogP contribution in [0.4, 0.5) is 0 Å². The zero-order valence-electron chi connectivity index (χ0n) is 8.46. The second-order valence-corrected chi connectivity index (χ2v) is 4.17. The summed E-state index contributed by atoms with van der Waals surface area (Å²) in [6.45, 7) is 2.05. The number of fused-ring (bicyclic) bond motifs is 1. The molecular formula is C12H12ClNO. The van der Waals surface area contributed by atoms with Gasteiger partial charge in [0, 0.05) is 28.5 Å².